The minimum Gasteiger partial charge on any atom is -0.482 e. The first kappa shape index (κ1) is 20.0. The molecule has 0 aliphatic heterocycles. The summed E-state index contributed by atoms with van der Waals surface area (Å²) in [6.07, 6.45) is 3.42. The second kappa shape index (κ2) is 9.93. The van der Waals surface area contributed by atoms with Gasteiger partial charge < -0.3 is 19.9 Å². The van der Waals surface area contributed by atoms with Gasteiger partial charge in [0.15, 0.2) is 6.61 Å². The maximum atomic E-state index is 12.6. The van der Waals surface area contributed by atoms with Gasteiger partial charge >= 0.3 is 5.97 Å². The van der Waals surface area contributed by atoms with E-state index in [-0.39, 0.29) is 5.91 Å². The number of unbranched alkanes of at least 4 members (excludes halogenated alkanes) is 1. The summed E-state index contributed by atoms with van der Waals surface area (Å²) in [7, 11) is 0. The van der Waals surface area contributed by atoms with Crippen molar-refractivity contribution in [1.29, 1.82) is 0 Å². The Morgan fingerprint density at radius 2 is 1.83 bits per heavy atom. The maximum Gasteiger partial charge on any atom is 0.341 e. The molecule has 0 saturated heterocycles. The van der Waals surface area contributed by atoms with Crippen molar-refractivity contribution in [3.05, 3.63) is 24.3 Å². The molecule has 0 bridgehead atoms. The Morgan fingerprint density at radius 1 is 1.17 bits per heavy atom. The third kappa shape index (κ3) is 6.58. The molecule has 1 aromatic rings. The van der Waals surface area contributed by atoms with Crippen LogP contribution in [0.2, 0.25) is 0 Å². The van der Waals surface area contributed by atoms with Crippen molar-refractivity contribution in [2.24, 2.45) is 0 Å². The zero-order valence-electron chi connectivity index (χ0n) is 14.6. The molecule has 6 nitrogen and oxygen atoms in total. The SMILES string of the molecule is CCCC[C@](C)(OCCC)C(=O)Nc1ccc(OCC(=O)O)cc1. The van der Waals surface area contributed by atoms with Crippen LogP contribution in [0.25, 0.3) is 0 Å². The van der Waals surface area contributed by atoms with Gasteiger partial charge in [0.25, 0.3) is 5.91 Å². The van der Waals surface area contributed by atoms with Crippen LogP contribution in [-0.2, 0) is 14.3 Å². The fraction of sp³-hybridized carbons (Fsp3) is 0.556. The molecular weight excluding hydrogens is 310 g/mol. The topological polar surface area (TPSA) is 84.9 Å². The Bertz CT molecular complexity index is 519. The lowest BCUT2D eigenvalue weighted by Gasteiger charge is -2.28. The lowest BCUT2D eigenvalue weighted by molar-refractivity contribution is -0.140. The highest BCUT2D eigenvalue weighted by molar-refractivity contribution is 5.97. The number of carboxylic acid groups (broad SMARTS) is 1. The highest BCUT2D eigenvalue weighted by atomic mass is 16.5. The fourth-order valence-corrected chi connectivity index (χ4v) is 2.14. The van der Waals surface area contributed by atoms with Crippen LogP contribution < -0.4 is 10.1 Å². The van der Waals surface area contributed by atoms with Crippen molar-refractivity contribution >= 4 is 17.6 Å². The number of carbonyl (C=O) groups excluding carboxylic acids is 1. The molecule has 0 spiro atoms. The first-order valence-electron chi connectivity index (χ1n) is 8.31. The third-order valence-electron chi connectivity index (χ3n) is 3.59. The van der Waals surface area contributed by atoms with Crippen molar-refractivity contribution in [3.8, 4) is 5.75 Å². The van der Waals surface area contributed by atoms with Crippen molar-refractivity contribution in [2.75, 3.05) is 18.5 Å². The zero-order chi connectivity index (χ0) is 18.0. The van der Waals surface area contributed by atoms with Crippen LogP contribution >= 0.6 is 0 Å². The van der Waals surface area contributed by atoms with Gasteiger partial charge in [-0.15, -0.1) is 0 Å². The summed E-state index contributed by atoms with van der Waals surface area (Å²) < 4.78 is 10.9. The average molecular weight is 337 g/mol. The number of anilines is 1. The molecule has 24 heavy (non-hydrogen) atoms. The second-order valence-corrected chi connectivity index (χ2v) is 5.84. The number of nitrogens with one attached hydrogen (secondary N) is 1. The van der Waals surface area contributed by atoms with Crippen LogP contribution in [-0.4, -0.2) is 35.8 Å². The molecular formula is C18H27NO5. The number of carboxylic acids is 1. The zero-order valence-corrected chi connectivity index (χ0v) is 14.6. The van der Waals surface area contributed by atoms with Crippen molar-refractivity contribution in [1.82, 2.24) is 0 Å². The van der Waals surface area contributed by atoms with Gasteiger partial charge in [-0.05, 0) is 44.0 Å². The van der Waals surface area contributed by atoms with E-state index in [0.717, 1.165) is 19.3 Å². The Balaban J connectivity index is 2.70. The van der Waals surface area contributed by atoms with Gasteiger partial charge in [-0.2, -0.15) is 0 Å². The van der Waals surface area contributed by atoms with E-state index in [2.05, 4.69) is 12.2 Å². The predicted molar refractivity (Wildman–Crippen MR) is 92.4 cm³/mol. The maximum absolute atomic E-state index is 12.6. The summed E-state index contributed by atoms with van der Waals surface area (Å²) in [6.45, 7) is 6.04. The number of hydrogen-bond acceptors (Lipinski definition) is 4. The number of amides is 1. The summed E-state index contributed by atoms with van der Waals surface area (Å²) in [4.78, 5) is 23.1. The molecule has 1 atom stereocenters. The fourth-order valence-electron chi connectivity index (χ4n) is 2.14. The Labute approximate surface area is 143 Å². The van der Waals surface area contributed by atoms with E-state index in [1.807, 2.05) is 13.8 Å². The van der Waals surface area contributed by atoms with Crippen molar-refractivity contribution in [2.45, 2.75) is 52.1 Å². The molecule has 1 amide bonds. The molecule has 1 aromatic carbocycles. The summed E-state index contributed by atoms with van der Waals surface area (Å²) >= 11 is 0. The van der Waals surface area contributed by atoms with Gasteiger partial charge in [0.05, 0.1) is 0 Å². The van der Waals surface area contributed by atoms with E-state index in [0.29, 0.717) is 24.5 Å². The summed E-state index contributed by atoms with van der Waals surface area (Å²) in [5.41, 5.74) is -0.240. The molecule has 0 aliphatic carbocycles. The normalized spacial score (nSPS) is 13.1. The lowest BCUT2D eigenvalue weighted by atomic mass is 9.97. The summed E-state index contributed by atoms with van der Waals surface area (Å²) in [5.74, 6) is -0.776. The number of aliphatic carboxylic acids is 1. The smallest absolute Gasteiger partial charge is 0.341 e. The largest absolute Gasteiger partial charge is 0.482 e. The van der Waals surface area contributed by atoms with E-state index >= 15 is 0 Å². The van der Waals surface area contributed by atoms with Crippen molar-refractivity contribution < 1.29 is 24.2 Å². The van der Waals surface area contributed by atoms with E-state index in [9.17, 15) is 9.59 Å². The third-order valence-corrected chi connectivity index (χ3v) is 3.59. The van der Waals surface area contributed by atoms with Gasteiger partial charge in [-0.3, -0.25) is 4.79 Å². The van der Waals surface area contributed by atoms with Gasteiger partial charge in [-0.1, -0.05) is 26.7 Å². The Morgan fingerprint density at radius 3 is 2.38 bits per heavy atom. The minimum absolute atomic E-state index is 0.177. The second-order valence-electron chi connectivity index (χ2n) is 5.84. The molecule has 0 heterocycles. The number of carbonyl (C=O) groups is 2. The first-order chi connectivity index (χ1) is 11.4. The van der Waals surface area contributed by atoms with Crippen LogP contribution in [0.3, 0.4) is 0 Å². The Hall–Kier alpha value is -2.08. The number of benzene rings is 1. The molecule has 0 unspecified atom stereocenters. The van der Waals surface area contributed by atoms with Crippen molar-refractivity contribution in [3.63, 3.8) is 0 Å². The lowest BCUT2D eigenvalue weighted by Crippen LogP contribution is -2.43. The highest BCUT2D eigenvalue weighted by Gasteiger charge is 2.33. The standard InChI is InChI=1S/C18H27NO5/c1-4-6-11-18(3,24-12-5-2)17(22)19-14-7-9-15(10-8-14)23-13-16(20)21/h7-10H,4-6,11-13H2,1-3H3,(H,19,22)(H,20,21)/t18-/m0/s1. The monoisotopic (exact) mass is 337 g/mol. The summed E-state index contributed by atoms with van der Waals surface area (Å²) in [5, 5.41) is 11.4. The van der Waals surface area contributed by atoms with Gasteiger partial charge in [0.1, 0.15) is 11.4 Å². The number of ether oxygens (including phenoxy) is 2. The highest BCUT2D eigenvalue weighted by Crippen LogP contribution is 2.23. The van der Waals surface area contributed by atoms with E-state index in [1.54, 1.807) is 24.3 Å². The van der Waals surface area contributed by atoms with Gasteiger partial charge in [-0.25, -0.2) is 4.79 Å². The molecule has 0 aromatic heterocycles. The molecule has 2 N–H and O–H groups in total. The Kier molecular flexibility index (Phi) is 8.26. The molecule has 6 heteroatoms. The number of hydrogen-bond donors (Lipinski definition) is 2. The van der Waals surface area contributed by atoms with E-state index in [4.69, 9.17) is 14.6 Å². The molecule has 0 saturated carbocycles. The van der Waals surface area contributed by atoms with Crippen LogP contribution in [0, 0.1) is 0 Å². The molecule has 0 fully saturated rings. The van der Waals surface area contributed by atoms with E-state index < -0.39 is 18.2 Å². The average Bonchev–Trinajstić information content (AvgIpc) is 2.57. The minimum atomic E-state index is -1.04. The van der Waals surface area contributed by atoms with Gasteiger partial charge in [0.2, 0.25) is 0 Å². The number of rotatable bonds is 11. The first-order valence-corrected chi connectivity index (χ1v) is 8.31. The molecule has 0 aliphatic rings. The van der Waals surface area contributed by atoms with Crippen LogP contribution in [0.1, 0.15) is 46.5 Å². The van der Waals surface area contributed by atoms with E-state index in [1.165, 1.54) is 0 Å². The molecule has 0 radical (unpaired) electrons. The molecule has 134 valence electrons. The molecule has 1 rings (SSSR count). The van der Waals surface area contributed by atoms with Crippen LogP contribution in [0.5, 0.6) is 5.75 Å². The van der Waals surface area contributed by atoms with Gasteiger partial charge in [0, 0.05) is 12.3 Å². The van der Waals surface area contributed by atoms with Crippen LogP contribution in [0.15, 0.2) is 24.3 Å². The quantitative estimate of drug-likeness (QED) is 0.646. The predicted octanol–water partition coefficient (Wildman–Crippen LogP) is 3.46. The van der Waals surface area contributed by atoms with Crippen LogP contribution in [0.4, 0.5) is 5.69 Å². The summed E-state index contributed by atoms with van der Waals surface area (Å²) in [6, 6.07) is 6.59.